The Morgan fingerprint density at radius 3 is 2.38 bits per heavy atom. The van der Waals surface area contributed by atoms with Gasteiger partial charge >= 0.3 is 6.03 Å². The first-order valence-corrected chi connectivity index (χ1v) is 9.56. The number of amides is 2. The molecule has 1 N–H and O–H groups in total. The van der Waals surface area contributed by atoms with Crippen molar-refractivity contribution >= 4 is 34.2 Å². The Kier molecular flexibility index (Phi) is 2.98. The molecule has 0 aliphatic carbocycles. The van der Waals surface area contributed by atoms with E-state index in [0.717, 1.165) is 39.1 Å². The minimum atomic E-state index is -1.25. The second kappa shape index (κ2) is 5.35. The number of carbonyl (C=O) groups is 2. The smallest absolute Gasteiger partial charge is 0.315 e. The Morgan fingerprint density at radius 1 is 0.828 bits per heavy atom. The van der Waals surface area contributed by atoms with Gasteiger partial charge in [0.1, 0.15) is 0 Å². The highest BCUT2D eigenvalue weighted by molar-refractivity contribution is 6.19. The molecule has 1 unspecified atom stereocenters. The molecule has 2 aliphatic heterocycles. The summed E-state index contributed by atoms with van der Waals surface area (Å²) in [6.07, 6.45) is 0. The molecule has 4 aromatic rings. The third-order valence-electron chi connectivity index (χ3n) is 6.00. The van der Waals surface area contributed by atoms with Gasteiger partial charge in [-0.2, -0.15) is 0 Å². The number of benzene rings is 3. The molecule has 0 saturated heterocycles. The highest BCUT2D eigenvalue weighted by Crippen LogP contribution is 2.50. The monoisotopic (exact) mass is 379 g/mol. The number of carbonyl (C=O) groups excluding carboxylic acids is 2. The number of nitrogens with zero attached hydrogens (tertiary/aromatic N) is 2. The van der Waals surface area contributed by atoms with Crippen LogP contribution < -0.4 is 10.2 Å². The standard InChI is InChI=1S/C24H17N3O2/c1-15-14-16-8-7-12-19-21(16)26(15)23(29)25-24(19)18-11-5-6-13-20(18)27(22(24)28)17-9-3-2-4-10-17/h2-14H,1H3,(H,25,29). The molecule has 2 aliphatic rings. The zero-order valence-corrected chi connectivity index (χ0v) is 15.7. The third-order valence-corrected chi connectivity index (χ3v) is 6.00. The van der Waals surface area contributed by atoms with Crippen LogP contribution in [0.2, 0.25) is 0 Å². The lowest BCUT2D eigenvalue weighted by atomic mass is 9.82. The molecule has 0 bridgehead atoms. The summed E-state index contributed by atoms with van der Waals surface area (Å²) < 4.78 is 1.66. The van der Waals surface area contributed by atoms with Crippen LogP contribution in [0, 0.1) is 6.92 Å². The van der Waals surface area contributed by atoms with Gasteiger partial charge in [0.2, 0.25) is 0 Å². The molecule has 3 heterocycles. The van der Waals surface area contributed by atoms with Gasteiger partial charge < -0.3 is 5.32 Å². The molecule has 2 amide bonds. The zero-order valence-electron chi connectivity index (χ0n) is 15.7. The first-order valence-electron chi connectivity index (χ1n) is 9.56. The normalized spacial score (nSPS) is 19.7. The Labute approximate surface area is 167 Å². The van der Waals surface area contributed by atoms with Gasteiger partial charge in [-0.05, 0) is 31.2 Å². The van der Waals surface area contributed by atoms with E-state index in [1.54, 1.807) is 9.47 Å². The first-order chi connectivity index (χ1) is 14.1. The number of para-hydroxylation sites is 3. The van der Waals surface area contributed by atoms with Crippen LogP contribution in [0.5, 0.6) is 0 Å². The lowest BCUT2D eigenvalue weighted by molar-refractivity contribution is -0.121. The fourth-order valence-electron chi connectivity index (χ4n) is 4.83. The zero-order chi connectivity index (χ0) is 19.8. The van der Waals surface area contributed by atoms with E-state index < -0.39 is 5.54 Å². The maximum atomic E-state index is 14.0. The summed E-state index contributed by atoms with van der Waals surface area (Å²) in [7, 11) is 0. The maximum Gasteiger partial charge on any atom is 0.327 e. The molecule has 1 spiro atoms. The van der Waals surface area contributed by atoms with E-state index in [1.807, 2.05) is 85.8 Å². The topological polar surface area (TPSA) is 54.3 Å². The molecule has 5 nitrogen and oxygen atoms in total. The van der Waals surface area contributed by atoms with Gasteiger partial charge in [0.05, 0.1) is 11.2 Å². The summed E-state index contributed by atoms with van der Waals surface area (Å²) in [5.41, 5.74) is 3.56. The van der Waals surface area contributed by atoms with Crippen molar-refractivity contribution < 1.29 is 9.59 Å². The van der Waals surface area contributed by atoms with E-state index in [-0.39, 0.29) is 11.9 Å². The number of aromatic nitrogens is 1. The number of aryl methyl sites for hydroxylation is 1. The summed E-state index contributed by atoms with van der Waals surface area (Å²) in [5, 5.41) is 4.03. The van der Waals surface area contributed by atoms with Gasteiger partial charge in [-0.3, -0.25) is 14.3 Å². The van der Waals surface area contributed by atoms with Crippen LogP contribution in [0.15, 0.2) is 78.9 Å². The number of anilines is 2. The van der Waals surface area contributed by atoms with E-state index >= 15 is 0 Å². The number of hydrogen-bond donors (Lipinski definition) is 1. The Morgan fingerprint density at radius 2 is 1.55 bits per heavy atom. The quantitative estimate of drug-likeness (QED) is 0.531. The predicted molar refractivity (Wildman–Crippen MR) is 111 cm³/mol. The number of fused-ring (bicyclic) bond motifs is 3. The molecular formula is C24H17N3O2. The van der Waals surface area contributed by atoms with Crippen molar-refractivity contribution in [1.29, 1.82) is 0 Å². The van der Waals surface area contributed by atoms with Crippen LogP contribution in [0.25, 0.3) is 10.9 Å². The van der Waals surface area contributed by atoms with Crippen LogP contribution in [0.3, 0.4) is 0 Å². The highest BCUT2D eigenvalue weighted by atomic mass is 16.2. The van der Waals surface area contributed by atoms with Crippen molar-refractivity contribution in [2.24, 2.45) is 0 Å². The summed E-state index contributed by atoms with van der Waals surface area (Å²) in [4.78, 5) is 28.9. The van der Waals surface area contributed by atoms with Crippen molar-refractivity contribution in [3.63, 3.8) is 0 Å². The van der Waals surface area contributed by atoms with Gasteiger partial charge in [-0.15, -0.1) is 0 Å². The van der Waals surface area contributed by atoms with E-state index in [9.17, 15) is 9.59 Å². The largest absolute Gasteiger partial charge is 0.327 e. The minimum Gasteiger partial charge on any atom is -0.315 e. The van der Waals surface area contributed by atoms with Crippen molar-refractivity contribution in [2.45, 2.75) is 12.5 Å². The third kappa shape index (κ3) is 1.84. The summed E-state index contributed by atoms with van der Waals surface area (Å²) in [6, 6.07) is 24.8. The van der Waals surface area contributed by atoms with Gasteiger partial charge in [-0.1, -0.05) is 54.6 Å². The molecular weight excluding hydrogens is 362 g/mol. The molecule has 6 rings (SSSR count). The number of rotatable bonds is 1. The molecule has 29 heavy (non-hydrogen) atoms. The fraction of sp³-hybridized carbons (Fsp3) is 0.0833. The molecule has 3 aromatic carbocycles. The minimum absolute atomic E-state index is 0.171. The van der Waals surface area contributed by atoms with Gasteiger partial charge in [0.15, 0.2) is 5.54 Å². The number of hydrogen-bond acceptors (Lipinski definition) is 2. The maximum absolute atomic E-state index is 14.0. The van der Waals surface area contributed by atoms with Gasteiger partial charge in [-0.25, -0.2) is 4.79 Å². The van der Waals surface area contributed by atoms with E-state index in [4.69, 9.17) is 0 Å². The molecule has 5 heteroatoms. The average Bonchev–Trinajstić information content (AvgIpc) is 3.20. The molecule has 1 atom stereocenters. The highest BCUT2D eigenvalue weighted by Gasteiger charge is 2.56. The van der Waals surface area contributed by atoms with Crippen LogP contribution in [-0.2, 0) is 10.3 Å². The van der Waals surface area contributed by atoms with Gasteiger partial charge in [0, 0.05) is 27.9 Å². The van der Waals surface area contributed by atoms with Crippen LogP contribution in [0.4, 0.5) is 16.2 Å². The van der Waals surface area contributed by atoms with Crippen LogP contribution in [-0.4, -0.2) is 16.5 Å². The molecule has 0 fully saturated rings. The van der Waals surface area contributed by atoms with Gasteiger partial charge in [0.25, 0.3) is 5.91 Å². The van der Waals surface area contributed by atoms with E-state index in [2.05, 4.69) is 5.32 Å². The van der Waals surface area contributed by atoms with E-state index in [0.29, 0.717) is 0 Å². The Bertz CT molecular complexity index is 1340. The molecule has 0 radical (unpaired) electrons. The Balaban J connectivity index is 1.72. The van der Waals surface area contributed by atoms with Crippen molar-refractivity contribution in [1.82, 2.24) is 9.88 Å². The summed E-state index contributed by atoms with van der Waals surface area (Å²) >= 11 is 0. The molecule has 1 aromatic heterocycles. The SMILES string of the molecule is Cc1cc2cccc3c2n1C(=O)NC31C(=O)N(c2ccccc2)c2ccccc21. The molecule has 0 saturated carbocycles. The van der Waals surface area contributed by atoms with Crippen LogP contribution in [0.1, 0.15) is 16.8 Å². The lowest BCUT2D eigenvalue weighted by Gasteiger charge is -2.35. The van der Waals surface area contributed by atoms with Crippen molar-refractivity contribution in [3.05, 3.63) is 95.7 Å². The average molecular weight is 379 g/mol. The van der Waals surface area contributed by atoms with Crippen LogP contribution >= 0.6 is 0 Å². The molecule has 140 valence electrons. The summed E-state index contributed by atoms with van der Waals surface area (Å²) in [5.74, 6) is -0.171. The summed E-state index contributed by atoms with van der Waals surface area (Å²) in [6.45, 7) is 1.90. The second-order valence-electron chi connectivity index (χ2n) is 7.54. The fourth-order valence-corrected chi connectivity index (χ4v) is 4.83. The number of nitrogens with one attached hydrogen (secondary N) is 1. The predicted octanol–water partition coefficient (Wildman–Crippen LogP) is 4.44. The van der Waals surface area contributed by atoms with Crippen molar-refractivity contribution in [2.75, 3.05) is 4.90 Å². The first kappa shape index (κ1) is 16.1. The Hall–Kier alpha value is -3.86. The van der Waals surface area contributed by atoms with Crippen molar-refractivity contribution in [3.8, 4) is 0 Å². The van der Waals surface area contributed by atoms with E-state index in [1.165, 1.54) is 0 Å². The second-order valence-corrected chi connectivity index (χ2v) is 7.54. The lowest BCUT2D eigenvalue weighted by Crippen LogP contribution is -2.56.